The Kier molecular flexibility index (Phi) is 4.67. The number of carbonyl (C=O) groups is 2. The Morgan fingerprint density at radius 3 is 2.72 bits per heavy atom. The van der Waals surface area contributed by atoms with Gasteiger partial charge in [-0.3, -0.25) is 4.79 Å². The maximum Gasteiger partial charge on any atom is 0.341 e. The minimum absolute atomic E-state index is 0.142. The van der Waals surface area contributed by atoms with E-state index in [9.17, 15) is 9.59 Å². The SMILES string of the molecule is CC(OC(=O)c1ccc(Cl)cc1N)C(=O)Nc1ccc2c(c1)OCO2. The van der Waals surface area contributed by atoms with Crippen molar-refractivity contribution in [2.24, 2.45) is 0 Å². The van der Waals surface area contributed by atoms with Crippen molar-refractivity contribution in [3.63, 3.8) is 0 Å². The first-order chi connectivity index (χ1) is 11.9. The van der Waals surface area contributed by atoms with Crippen LogP contribution in [0.3, 0.4) is 0 Å². The van der Waals surface area contributed by atoms with Crippen molar-refractivity contribution in [3.8, 4) is 11.5 Å². The summed E-state index contributed by atoms with van der Waals surface area (Å²) in [4.78, 5) is 24.3. The summed E-state index contributed by atoms with van der Waals surface area (Å²) in [6.45, 7) is 1.61. The number of benzene rings is 2. The van der Waals surface area contributed by atoms with Gasteiger partial charge in [0.2, 0.25) is 6.79 Å². The van der Waals surface area contributed by atoms with E-state index in [1.54, 1.807) is 18.2 Å². The number of nitrogens with one attached hydrogen (secondary N) is 1. The molecule has 0 spiro atoms. The summed E-state index contributed by atoms with van der Waals surface area (Å²) in [6, 6.07) is 9.38. The van der Waals surface area contributed by atoms with Gasteiger partial charge in [-0.2, -0.15) is 0 Å². The number of halogens is 1. The lowest BCUT2D eigenvalue weighted by Crippen LogP contribution is -2.30. The van der Waals surface area contributed by atoms with Crippen LogP contribution >= 0.6 is 11.6 Å². The lowest BCUT2D eigenvalue weighted by atomic mass is 10.2. The van der Waals surface area contributed by atoms with Crippen LogP contribution in [0, 0.1) is 0 Å². The maximum absolute atomic E-state index is 12.2. The molecule has 1 amide bonds. The molecule has 2 aromatic carbocycles. The second-order valence-corrected chi connectivity index (χ2v) is 5.77. The largest absolute Gasteiger partial charge is 0.454 e. The van der Waals surface area contributed by atoms with Gasteiger partial charge in [-0.25, -0.2) is 4.79 Å². The van der Waals surface area contributed by atoms with Gasteiger partial charge in [-0.15, -0.1) is 0 Å². The topological polar surface area (TPSA) is 99.9 Å². The molecule has 8 heteroatoms. The average molecular weight is 363 g/mol. The zero-order valence-electron chi connectivity index (χ0n) is 13.2. The van der Waals surface area contributed by atoms with Crippen LogP contribution in [-0.4, -0.2) is 24.8 Å². The van der Waals surface area contributed by atoms with Gasteiger partial charge < -0.3 is 25.3 Å². The van der Waals surface area contributed by atoms with Crippen LogP contribution in [0.4, 0.5) is 11.4 Å². The smallest absolute Gasteiger partial charge is 0.341 e. The van der Waals surface area contributed by atoms with Crippen LogP contribution in [0.2, 0.25) is 5.02 Å². The predicted octanol–water partition coefficient (Wildman–Crippen LogP) is 2.83. The number of amides is 1. The second-order valence-electron chi connectivity index (χ2n) is 5.34. The highest BCUT2D eigenvalue weighted by atomic mass is 35.5. The number of fused-ring (bicyclic) bond motifs is 1. The van der Waals surface area contributed by atoms with E-state index in [0.29, 0.717) is 22.2 Å². The van der Waals surface area contributed by atoms with Gasteiger partial charge in [0.1, 0.15) is 0 Å². The predicted molar refractivity (Wildman–Crippen MR) is 91.9 cm³/mol. The Bertz CT molecular complexity index is 840. The minimum atomic E-state index is -1.02. The molecule has 0 saturated carbocycles. The Labute approximate surface area is 148 Å². The first-order valence-corrected chi connectivity index (χ1v) is 7.78. The fourth-order valence-electron chi connectivity index (χ4n) is 2.22. The van der Waals surface area contributed by atoms with Crippen molar-refractivity contribution in [2.45, 2.75) is 13.0 Å². The Morgan fingerprint density at radius 2 is 1.96 bits per heavy atom. The summed E-state index contributed by atoms with van der Waals surface area (Å²) >= 11 is 5.79. The lowest BCUT2D eigenvalue weighted by Gasteiger charge is -2.14. The van der Waals surface area contributed by atoms with Crippen LogP contribution in [0.5, 0.6) is 11.5 Å². The molecular formula is C17H15ClN2O5. The van der Waals surface area contributed by atoms with E-state index in [4.69, 9.17) is 31.5 Å². The molecule has 0 bridgehead atoms. The molecule has 0 aliphatic carbocycles. The number of nitrogens with two attached hydrogens (primary N) is 1. The van der Waals surface area contributed by atoms with E-state index in [0.717, 1.165) is 0 Å². The third-order valence-corrected chi connectivity index (χ3v) is 3.76. The number of hydrogen-bond donors (Lipinski definition) is 2. The number of rotatable bonds is 4. The molecule has 0 aromatic heterocycles. The lowest BCUT2D eigenvalue weighted by molar-refractivity contribution is -0.123. The highest BCUT2D eigenvalue weighted by Crippen LogP contribution is 2.34. The monoisotopic (exact) mass is 362 g/mol. The van der Waals surface area contributed by atoms with E-state index >= 15 is 0 Å². The summed E-state index contributed by atoms with van der Waals surface area (Å²) in [5, 5.41) is 3.05. The molecule has 1 heterocycles. The third kappa shape index (κ3) is 3.77. The number of anilines is 2. The first-order valence-electron chi connectivity index (χ1n) is 7.40. The third-order valence-electron chi connectivity index (χ3n) is 3.53. The van der Waals surface area contributed by atoms with Crippen LogP contribution in [0.25, 0.3) is 0 Å². The molecule has 1 aliphatic rings. The molecule has 25 heavy (non-hydrogen) atoms. The molecule has 7 nitrogen and oxygen atoms in total. The van der Waals surface area contributed by atoms with Crippen molar-refractivity contribution < 1.29 is 23.8 Å². The zero-order chi connectivity index (χ0) is 18.0. The molecule has 3 rings (SSSR count). The van der Waals surface area contributed by atoms with Crippen LogP contribution < -0.4 is 20.5 Å². The molecule has 130 valence electrons. The summed E-state index contributed by atoms with van der Waals surface area (Å²) in [5.41, 5.74) is 6.57. The molecule has 0 saturated heterocycles. The van der Waals surface area contributed by atoms with Crippen molar-refractivity contribution in [3.05, 3.63) is 47.0 Å². The normalized spacial score (nSPS) is 13.2. The van der Waals surface area contributed by atoms with Crippen molar-refractivity contribution in [1.29, 1.82) is 0 Å². The molecule has 2 aromatic rings. The number of carbonyl (C=O) groups excluding carboxylic acids is 2. The van der Waals surface area contributed by atoms with Gasteiger partial charge in [-0.05, 0) is 37.3 Å². The summed E-state index contributed by atoms with van der Waals surface area (Å²) in [6.07, 6.45) is -1.02. The summed E-state index contributed by atoms with van der Waals surface area (Å²) < 4.78 is 15.6. The summed E-state index contributed by atoms with van der Waals surface area (Å²) in [5.74, 6) is -0.0469. The molecule has 0 fully saturated rings. The Balaban J connectivity index is 1.63. The zero-order valence-corrected chi connectivity index (χ0v) is 14.0. The first kappa shape index (κ1) is 16.9. The fourth-order valence-corrected chi connectivity index (χ4v) is 2.40. The highest BCUT2D eigenvalue weighted by molar-refractivity contribution is 6.31. The van der Waals surface area contributed by atoms with Gasteiger partial charge in [0.05, 0.1) is 5.56 Å². The van der Waals surface area contributed by atoms with Gasteiger partial charge in [0.15, 0.2) is 17.6 Å². The molecule has 0 radical (unpaired) electrons. The van der Waals surface area contributed by atoms with Crippen LogP contribution in [-0.2, 0) is 9.53 Å². The maximum atomic E-state index is 12.2. The van der Waals surface area contributed by atoms with Crippen molar-refractivity contribution in [1.82, 2.24) is 0 Å². The van der Waals surface area contributed by atoms with Gasteiger partial charge in [0, 0.05) is 22.5 Å². The van der Waals surface area contributed by atoms with Gasteiger partial charge in [0.25, 0.3) is 5.91 Å². The van der Waals surface area contributed by atoms with E-state index in [1.807, 2.05) is 0 Å². The van der Waals surface area contributed by atoms with Crippen LogP contribution in [0.15, 0.2) is 36.4 Å². The number of esters is 1. The van der Waals surface area contributed by atoms with Gasteiger partial charge >= 0.3 is 5.97 Å². The molecule has 1 unspecified atom stereocenters. The second kappa shape index (κ2) is 6.90. The quantitative estimate of drug-likeness (QED) is 0.640. The van der Waals surface area contributed by atoms with E-state index in [1.165, 1.54) is 25.1 Å². The highest BCUT2D eigenvalue weighted by Gasteiger charge is 2.21. The number of ether oxygens (including phenoxy) is 3. The average Bonchev–Trinajstić information content (AvgIpc) is 3.02. The Hall–Kier alpha value is -2.93. The summed E-state index contributed by atoms with van der Waals surface area (Å²) in [7, 11) is 0. The van der Waals surface area contributed by atoms with E-state index < -0.39 is 18.0 Å². The molecule has 1 atom stereocenters. The van der Waals surface area contributed by atoms with E-state index in [-0.39, 0.29) is 18.0 Å². The molecule has 3 N–H and O–H groups in total. The standard InChI is InChI=1S/C17H15ClN2O5/c1-9(25-17(22)12-4-2-10(18)6-13(12)19)16(21)20-11-3-5-14-15(7-11)24-8-23-14/h2-7,9H,8,19H2,1H3,(H,20,21). The Morgan fingerprint density at radius 1 is 1.20 bits per heavy atom. The molecular weight excluding hydrogens is 348 g/mol. The van der Waals surface area contributed by atoms with Crippen LogP contribution in [0.1, 0.15) is 17.3 Å². The van der Waals surface area contributed by atoms with Crippen molar-refractivity contribution >= 4 is 34.9 Å². The fraction of sp³-hybridized carbons (Fsp3) is 0.176. The van der Waals surface area contributed by atoms with E-state index in [2.05, 4.69) is 5.32 Å². The number of hydrogen-bond acceptors (Lipinski definition) is 6. The minimum Gasteiger partial charge on any atom is -0.454 e. The van der Waals surface area contributed by atoms with Gasteiger partial charge in [-0.1, -0.05) is 11.6 Å². The molecule has 1 aliphatic heterocycles. The van der Waals surface area contributed by atoms with Crippen molar-refractivity contribution in [2.75, 3.05) is 17.8 Å². The number of nitrogen functional groups attached to an aromatic ring is 1.